The average Bonchev–Trinajstić information content (AvgIpc) is 2.40. The summed E-state index contributed by atoms with van der Waals surface area (Å²) in [6, 6.07) is 4.19. The maximum absolute atomic E-state index is 13.7. The van der Waals surface area contributed by atoms with Crippen LogP contribution in [0.2, 0.25) is 0 Å². The van der Waals surface area contributed by atoms with Gasteiger partial charge in [0.2, 0.25) is 0 Å². The van der Waals surface area contributed by atoms with Gasteiger partial charge in [-0.25, -0.2) is 8.78 Å². The Kier molecular flexibility index (Phi) is 3.88. The topological polar surface area (TPSA) is 68.1 Å². The molecule has 1 atom stereocenters. The van der Waals surface area contributed by atoms with Crippen LogP contribution in [-0.4, -0.2) is 9.91 Å². The lowest BCUT2D eigenvalue weighted by Gasteiger charge is -2.15. The molecule has 104 valence electrons. The first-order chi connectivity index (χ1) is 9.47. The SMILES string of the molecule is CC(Nc1ccc([N+](=O)[O-])cc1F)c1cncc(F)c1. The number of benzene rings is 1. The third-order valence-electron chi connectivity index (χ3n) is 2.76. The molecule has 0 aliphatic rings. The minimum Gasteiger partial charge on any atom is -0.376 e. The lowest BCUT2D eigenvalue weighted by molar-refractivity contribution is -0.385. The molecule has 1 N–H and O–H groups in total. The molecule has 20 heavy (non-hydrogen) atoms. The monoisotopic (exact) mass is 279 g/mol. The Morgan fingerprint density at radius 2 is 2.05 bits per heavy atom. The predicted molar refractivity (Wildman–Crippen MR) is 69.3 cm³/mol. The van der Waals surface area contributed by atoms with E-state index >= 15 is 0 Å². The number of aromatic nitrogens is 1. The molecule has 5 nitrogen and oxygen atoms in total. The normalized spacial score (nSPS) is 11.9. The number of hydrogen-bond donors (Lipinski definition) is 1. The van der Waals surface area contributed by atoms with Gasteiger partial charge in [0.1, 0.15) is 5.82 Å². The summed E-state index contributed by atoms with van der Waals surface area (Å²) in [7, 11) is 0. The van der Waals surface area contributed by atoms with E-state index in [1.165, 1.54) is 24.4 Å². The number of nitrogens with one attached hydrogen (secondary N) is 1. The first kappa shape index (κ1) is 13.9. The number of nitrogens with zero attached hydrogens (tertiary/aromatic N) is 2. The summed E-state index contributed by atoms with van der Waals surface area (Å²) in [6.45, 7) is 1.71. The van der Waals surface area contributed by atoms with Crippen LogP contribution in [0.1, 0.15) is 18.5 Å². The molecule has 0 spiro atoms. The van der Waals surface area contributed by atoms with Crippen LogP contribution in [0.5, 0.6) is 0 Å². The molecule has 0 saturated carbocycles. The van der Waals surface area contributed by atoms with Crippen molar-refractivity contribution in [2.45, 2.75) is 13.0 Å². The van der Waals surface area contributed by atoms with Crippen LogP contribution in [0, 0.1) is 21.7 Å². The Bertz CT molecular complexity index is 649. The summed E-state index contributed by atoms with van der Waals surface area (Å²) in [5.74, 6) is -1.23. The molecule has 1 aromatic heterocycles. The number of nitro benzene ring substituents is 1. The van der Waals surface area contributed by atoms with Crippen molar-refractivity contribution >= 4 is 11.4 Å². The zero-order chi connectivity index (χ0) is 14.7. The molecule has 1 heterocycles. The van der Waals surface area contributed by atoms with Gasteiger partial charge in [-0.2, -0.15) is 0 Å². The highest BCUT2D eigenvalue weighted by molar-refractivity contribution is 5.51. The van der Waals surface area contributed by atoms with Gasteiger partial charge in [0.15, 0.2) is 5.82 Å². The van der Waals surface area contributed by atoms with Crippen LogP contribution in [0.3, 0.4) is 0 Å². The molecule has 1 aromatic carbocycles. The second kappa shape index (κ2) is 5.60. The third-order valence-corrected chi connectivity index (χ3v) is 2.76. The van der Waals surface area contributed by atoms with E-state index in [2.05, 4.69) is 10.3 Å². The summed E-state index contributed by atoms with van der Waals surface area (Å²) in [6.07, 6.45) is 2.53. The van der Waals surface area contributed by atoms with E-state index in [0.29, 0.717) is 5.56 Å². The fourth-order valence-corrected chi connectivity index (χ4v) is 1.72. The number of pyridine rings is 1. The Morgan fingerprint density at radius 1 is 1.30 bits per heavy atom. The first-order valence-corrected chi connectivity index (χ1v) is 5.78. The van der Waals surface area contributed by atoms with E-state index in [1.807, 2.05) is 0 Å². The van der Waals surface area contributed by atoms with E-state index < -0.39 is 22.6 Å². The standard InChI is InChI=1S/C13H11F2N3O2/c1-8(9-4-10(14)7-16-6-9)17-13-3-2-11(18(19)20)5-12(13)15/h2-8,17H,1H3. The van der Waals surface area contributed by atoms with Gasteiger partial charge in [0.25, 0.3) is 5.69 Å². The van der Waals surface area contributed by atoms with Gasteiger partial charge < -0.3 is 5.32 Å². The van der Waals surface area contributed by atoms with Crippen LogP contribution in [-0.2, 0) is 0 Å². The number of nitro groups is 1. The van der Waals surface area contributed by atoms with Gasteiger partial charge in [-0.05, 0) is 24.6 Å². The molecule has 0 bridgehead atoms. The second-order valence-corrected chi connectivity index (χ2v) is 4.22. The van der Waals surface area contributed by atoms with Crippen molar-refractivity contribution in [3.05, 3.63) is 64.0 Å². The predicted octanol–water partition coefficient (Wildman–Crippen LogP) is 3.44. The minimum atomic E-state index is -0.740. The summed E-state index contributed by atoms with van der Waals surface area (Å²) in [4.78, 5) is 13.5. The van der Waals surface area contributed by atoms with Crippen molar-refractivity contribution < 1.29 is 13.7 Å². The lowest BCUT2D eigenvalue weighted by atomic mass is 10.1. The minimum absolute atomic E-state index is 0.104. The Morgan fingerprint density at radius 3 is 2.65 bits per heavy atom. The largest absolute Gasteiger partial charge is 0.376 e. The number of rotatable bonds is 4. The molecule has 2 aromatic rings. The van der Waals surface area contributed by atoms with Gasteiger partial charge >= 0.3 is 0 Å². The quantitative estimate of drug-likeness (QED) is 0.687. The van der Waals surface area contributed by atoms with Gasteiger partial charge in [0, 0.05) is 12.3 Å². The summed E-state index contributed by atoms with van der Waals surface area (Å²) < 4.78 is 26.8. The van der Waals surface area contributed by atoms with E-state index in [4.69, 9.17) is 0 Å². The molecule has 0 aliphatic carbocycles. The van der Waals surface area contributed by atoms with Crippen molar-refractivity contribution in [1.29, 1.82) is 0 Å². The Labute approximate surface area is 113 Å². The third kappa shape index (κ3) is 3.05. The number of hydrogen-bond acceptors (Lipinski definition) is 4. The maximum Gasteiger partial charge on any atom is 0.272 e. The summed E-state index contributed by atoms with van der Waals surface area (Å²) in [5, 5.41) is 13.3. The summed E-state index contributed by atoms with van der Waals surface area (Å²) >= 11 is 0. The highest BCUT2D eigenvalue weighted by Gasteiger charge is 2.13. The van der Waals surface area contributed by atoms with Gasteiger partial charge in [-0.15, -0.1) is 0 Å². The van der Waals surface area contributed by atoms with Crippen LogP contribution < -0.4 is 5.32 Å². The average molecular weight is 279 g/mol. The lowest BCUT2D eigenvalue weighted by Crippen LogP contribution is -2.08. The first-order valence-electron chi connectivity index (χ1n) is 5.78. The van der Waals surface area contributed by atoms with E-state index in [9.17, 15) is 18.9 Å². The van der Waals surface area contributed by atoms with Crippen molar-refractivity contribution in [2.75, 3.05) is 5.32 Å². The summed E-state index contributed by atoms with van der Waals surface area (Å²) in [5.41, 5.74) is 0.322. The van der Waals surface area contributed by atoms with Crippen LogP contribution >= 0.6 is 0 Å². The smallest absolute Gasteiger partial charge is 0.272 e. The number of halogens is 2. The molecule has 7 heteroatoms. The fourth-order valence-electron chi connectivity index (χ4n) is 1.72. The molecule has 0 amide bonds. The van der Waals surface area contributed by atoms with Gasteiger partial charge in [-0.1, -0.05) is 0 Å². The Balaban J connectivity index is 2.19. The molecule has 0 saturated heterocycles. The van der Waals surface area contributed by atoms with E-state index in [0.717, 1.165) is 12.3 Å². The van der Waals surface area contributed by atoms with Crippen molar-refractivity contribution in [3.63, 3.8) is 0 Å². The van der Waals surface area contributed by atoms with Crippen LogP contribution in [0.25, 0.3) is 0 Å². The van der Waals surface area contributed by atoms with Crippen LogP contribution in [0.15, 0.2) is 36.7 Å². The van der Waals surface area contributed by atoms with Crippen molar-refractivity contribution in [1.82, 2.24) is 4.98 Å². The molecule has 2 rings (SSSR count). The molecular formula is C13H11F2N3O2. The van der Waals surface area contributed by atoms with E-state index in [-0.39, 0.29) is 11.4 Å². The van der Waals surface area contributed by atoms with Crippen molar-refractivity contribution in [2.24, 2.45) is 0 Å². The van der Waals surface area contributed by atoms with E-state index in [1.54, 1.807) is 6.92 Å². The fraction of sp³-hybridized carbons (Fsp3) is 0.154. The van der Waals surface area contributed by atoms with Gasteiger partial charge in [0.05, 0.1) is 28.9 Å². The number of non-ortho nitro benzene ring substituents is 1. The number of anilines is 1. The highest BCUT2D eigenvalue weighted by atomic mass is 19.1. The molecule has 0 aliphatic heterocycles. The van der Waals surface area contributed by atoms with Crippen molar-refractivity contribution in [3.8, 4) is 0 Å². The maximum atomic E-state index is 13.7. The second-order valence-electron chi connectivity index (χ2n) is 4.22. The zero-order valence-corrected chi connectivity index (χ0v) is 10.5. The molecular weight excluding hydrogens is 268 g/mol. The van der Waals surface area contributed by atoms with Crippen LogP contribution in [0.4, 0.5) is 20.2 Å². The zero-order valence-electron chi connectivity index (χ0n) is 10.5. The molecule has 0 radical (unpaired) electrons. The van der Waals surface area contributed by atoms with Gasteiger partial charge in [-0.3, -0.25) is 15.1 Å². The molecule has 0 fully saturated rings. The highest BCUT2D eigenvalue weighted by Crippen LogP contribution is 2.24. The Hall–Kier alpha value is -2.57. The molecule has 1 unspecified atom stereocenters.